The minimum Gasteiger partial charge on any atom is -0.497 e. The maximum Gasteiger partial charge on any atom is 0.266 e. The molecule has 0 unspecified atom stereocenters. The van der Waals surface area contributed by atoms with Gasteiger partial charge in [0.15, 0.2) is 6.61 Å². The Morgan fingerprint density at radius 2 is 1.65 bits per heavy atom. The van der Waals surface area contributed by atoms with Gasteiger partial charge in [-0.25, -0.2) is 0 Å². The second-order valence-corrected chi connectivity index (χ2v) is 8.10. The van der Waals surface area contributed by atoms with Crippen LogP contribution in [0.5, 0.6) is 11.5 Å². The summed E-state index contributed by atoms with van der Waals surface area (Å²) in [7, 11) is 1.55. The average molecular weight is 520 g/mol. The summed E-state index contributed by atoms with van der Waals surface area (Å²) in [6.07, 6.45) is 1.47. The predicted octanol–water partition coefficient (Wildman–Crippen LogP) is 5.33. The monoisotopic (exact) mass is 519 g/mol. The number of ether oxygens (including phenoxy) is 2. The highest BCUT2D eigenvalue weighted by Gasteiger charge is 2.11. The first-order valence-electron chi connectivity index (χ1n) is 10.2. The molecule has 0 atom stereocenters. The highest BCUT2D eigenvalue weighted by atomic mass is 79.9. The zero-order valence-electron chi connectivity index (χ0n) is 18.6. The number of benzene rings is 3. The summed E-state index contributed by atoms with van der Waals surface area (Å²) in [5, 5.41) is 14.9. The third-order valence-corrected chi connectivity index (χ3v) is 5.29. The fraction of sp³-hybridized carbons (Fsp3) is 0.115. The number of carbonyl (C=O) groups excluding carboxylic acids is 2. The molecule has 7 nitrogen and oxygen atoms in total. The first kappa shape index (κ1) is 24.6. The van der Waals surface area contributed by atoms with E-state index in [-0.39, 0.29) is 18.1 Å². The molecule has 0 spiro atoms. The van der Waals surface area contributed by atoms with Crippen molar-refractivity contribution in [3.8, 4) is 17.6 Å². The van der Waals surface area contributed by atoms with Crippen LogP contribution in [0, 0.1) is 18.3 Å². The number of halogens is 1. The molecule has 0 radical (unpaired) electrons. The highest BCUT2D eigenvalue weighted by molar-refractivity contribution is 9.10. The molecular weight excluding hydrogens is 498 g/mol. The van der Waals surface area contributed by atoms with Crippen molar-refractivity contribution in [1.29, 1.82) is 5.26 Å². The number of anilines is 2. The summed E-state index contributed by atoms with van der Waals surface area (Å²) >= 11 is 3.41. The summed E-state index contributed by atoms with van der Waals surface area (Å²) in [4.78, 5) is 24.6. The lowest BCUT2D eigenvalue weighted by Gasteiger charge is -2.10. The van der Waals surface area contributed by atoms with Crippen molar-refractivity contribution in [2.45, 2.75) is 6.92 Å². The number of hydrogen-bond donors (Lipinski definition) is 2. The molecule has 0 bridgehead atoms. The normalized spacial score (nSPS) is 10.7. The van der Waals surface area contributed by atoms with Gasteiger partial charge in [0, 0.05) is 11.4 Å². The highest BCUT2D eigenvalue weighted by Crippen LogP contribution is 2.27. The Kier molecular flexibility index (Phi) is 8.43. The number of nitriles is 1. The van der Waals surface area contributed by atoms with Gasteiger partial charge in [-0.1, -0.05) is 23.8 Å². The van der Waals surface area contributed by atoms with Crippen LogP contribution >= 0.6 is 15.9 Å². The van der Waals surface area contributed by atoms with Gasteiger partial charge in [-0.2, -0.15) is 5.26 Å². The maximum atomic E-state index is 12.5. The van der Waals surface area contributed by atoms with E-state index in [1.165, 1.54) is 6.08 Å². The summed E-state index contributed by atoms with van der Waals surface area (Å²) in [6, 6.07) is 21.2. The number of nitrogens with one attached hydrogen (secondary N) is 2. The Morgan fingerprint density at radius 1 is 1.00 bits per heavy atom. The molecule has 0 aliphatic heterocycles. The van der Waals surface area contributed by atoms with E-state index in [4.69, 9.17) is 9.47 Å². The molecule has 172 valence electrons. The molecule has 3 aromatic carbocycles. The largest absolute Gasteiger partial charge is 0.497 e. The van der Waals surface area contributed by atoms with Gasteiger partial charge in [0.1, 0.15) is 23.1 Å². The van der Waals surface area contributed by atoms with Crippen LogP contribution < -0.4 is 20.1 Å². The van der Waals surface area contributed by atoms with Gasteiger partial charge in [-0.15, -0.1) is 0 Å². The number of amides is 2. The Balaban J connectivity index is 1.61. The molecule has 3 aromatic rings. The van der Waals surface area contributed by atoms with E-state index in [1.54, 1.807) is 49.6 Å². The lowest BCUT2D eigenvalue weighted by atomic mass is 10.1. The number of rotatable bonds is 8. The first-order chi connectivity index (χ1) is 16.4. The van der Waals surface area contributed by atoms with Gasteiger partial charge in [0.05, 0.1) is 11.6 Å². The standard InChI is InChI=1S/C26H22BrN3O4/c1-17-3-6-20(7-4-17)29-25(31)16-34-24-12-5-18(14-23(24)27)13-19(15-28)26(32)30-21-8-10-22(33-2)11-9-21/h3-14H,16H2,1-2H3,(H,29,31)(H,30,32)/b19-13+. The molecule has 0 heterocycles. The first-order valence-corrected chi connectivity index (χ1v) is 11.0. The number of nitrogens with zero attached hydrogens (tertiary/aromatic N) is 1. The number of hydrogen-bond acceptors (Lipinski definition) is 5. The fourth-order valence-corrected chi connectivity index (χ4v) is 3.40. The molecule has 0 saturated heterocycles. The molecule has 34 heavy (non-hydrogen) atoms. The van der Waals surface area contributed by atoms with Crippen LogP contribution in [0.1, 0.15) is 11.1 Å². The summed E-state index contributed by atoms with van der Waals surface area (Å²) < 4.78 is 11.3. The van der Waals surface area contributed by atoms with Crippen LogP contribution in [-0.4, -0.2) is 25.5 Å². The summed E-state index contributed by atoms with van der Waals surface area (Å²) in [5.74, 6) is 0.296. The van der Waals surface area contributed by atoms with E-state index in [2.05, 4.69) is 26.6 Å². The van der Waals surface area contributed by atoms with Crippen LogP contribution in [0.4, 0.5) is 11.4 Å². The Morgan fingerprint density at radius 3 is 2.26 bits per heavy atom. The second-order valence-electron chi connectivity index (χ2n) is 7.25. The summed E-state index contributed by atoms with van der Waals surface area (Å²) in [6.45, 7) is 1.80. The van der Waals surface area contributed by atoms with E-state index in [1.807, 2.05) is 37.3 Å². The predicted molar refractivity (Wildman–Crippen MR) is 135 cm³/mol. The summed E-state index contributed by atoms with van der Waals surface area (Å²) in [5.41, 5.74) is 2.89. The molecule has 0 aliphatic carbocycles. The van der Waals surface area contributed by atoms with Crippen LogP contribution in [0.15, 0.2) is 76.8 Å². The Hall–Kier alpha value is -4.09. The molecular formula is C26H22BrN3O4. The van der Waals surface area contributed by atoms with Gasteiger partial charge in [0.2, 0.25) is 0 Å². The molecule has 2 amide bonds. The molecule has 8 heteroatoms. The van der Waals surface area contributed by atoms with Gasteiger partial charge < -0.3 is 20.1 Å². The zero-order chi connectivity index (χ0) is 24.5. The van der Waals surface area contributed by atoms with Gasteiger partial charge in [0.25, 0.3) is 11.8 Å². The van der Waals surface area contributed by atoms with Crippen LogP contribution in [0.3, 0.4) is 0 Å². The van der Waals surface area contributed by atoms with Gasteiger partial charge in [-0.05, 0) is 83.0 Å². The molecule has 0 aliphatic rings. The molecule has 3 rings (SSSR count). The van der Waals surface area contributed by atoms with Crippen LogP contribution in [0.25, 0.3) is 6.08 Å². The van der Waals surface area contributed by atoms with Crippen molar-refractivity contribution in [2.24, 2.45) is 0 Å². The molecule has 0 saturated carbocycles. The van der Waals surface area contributed by atoms with Crippen molar-refractivity contribution in [1.82, 2.24) is 0 Å². The van der Waals surface area contributed by atoms with Crippen molar-refractivity contribution < 1.29 is 19.1 Å². The maximum absolute atomic E-state index is 12.5. The Labute approximate surface area is 206 Å². The Bertz CT molecular complexity index is 1250. The van der Waals surface area contributed by atoms with Crippen molar-refractivity contribution in [3.05, 3.63) is 87.9 Å². The van der Waals surface area contributed by atoms with E-state index in [9.17, 15) is 14.9 Å². The minimum atomic E-state index is -0.531. The van der Waals surface area contributed by atoms with Crippen molar-refractivity contribution >= 4 is 45.2 Å². The lowest BCUT2D eigenvalue weighted by Crippen LogP contribution is -2.20. The van der Waals surface area contributed by atoms with E-state index in [0.29, 0.717) is 32.9 Å². The number of carbonyl (C=O) groups is 2. The van der Waals surface area contributed by atoms with Crippen LogP contribution in [-0.2, 0) is 9.59 Å². The van der Waals surface area contributed by atoms with E-state index >= 15 is 0 Å². The molecule has 2 N–H and O–H groups in total. The SMILES string of the molecule is COc1ccc(NC(=O)/C(C#N)=C/c2ccc(OCC(=O)Nc3ccc(C)cc3)c(Br)c2)cc1. The third-order valence-electron chi connectivity index (χ3n) is 4.67. The number of aryl methyl sites for hydroxylation is 1. The van der Waals surface area contributed by atoms with Gasteiger partial charge >= 0.3 is 0 Å². The number of methoxy groups -OCH3 is 1. The molecule has 0 aromatic heterocycles. The van der Waals surface area contributed by atoms with Crippen LogP contribution in [0.2, 0.25) is 0 Å². The minimum absolute atomic E-state index is 0.0612. The zero-order valence-corrected chi connectivity index (χ0v) is 20.2. The van der Waals surface area contributed by atoms with E-state index in [0.717, 1.165) is 5.56 Å². The van der Waals surface area contributed by atoms with Crippen molar-refractivity contribution in [2.75, 3.05) is 24.4 Å². The average Bonchev–Trinajstić information content (AvgIpc) is 2.83. The van der Waals surface area contributed by atoms with Gasteiger partial charge in [-0.3, -0.25) is 9.59 Å². The molecule has 0 fully saturated rings. The topological polar surface area (TPSA) is 100 Å². The third kappa shape index (κ3) is 6.95. The van der Waals surface area contributed by atoms with Crippen molar-refractivity contribution in [3.63, 3.8) is 0 Å². The smallest absolute Gasteiger partial charge is 0.266 e. The quantitative estimate of drug-likeness (QED) is 0.309. The second kappa shape index (κ2) is 11.7. The van der Waals surface area contributed by atoms with E-state index < -0.39 is 5.91 Å². The fourth-order valence-electron chi connectivity index (χ4n) is 2.89. The lowest BCUT2D eigenvalue weighted by molar-refractivity contribution is -0.118.